The maximum absolute atomic E-state index is 11.6. The van der Waals surface area contributed by atoms with Crippen LogP contribution in [-0.2, 0) is 28.7 Å². The molecule has 0 aromatic carbocycles. The number of likely N-dealkylation sites (N-methyl/N-ethyl adjacent to an activating group) is 1. The minimum atomic E-state index is -0.426. The summed E-state index contributed by atoms with van der Waals surface area (Å²) in [5, 5.41) is 8.42. The Hall–Kier alpha value is -2.78. The summed E-state index contributed by atoms with van der Waals surface area (Å²) in [6.45, 7) is 15.1. The Kier molecular flexibility index (Phi) is 38.6. The molecule has 1 aliphatic rings. The molecule has 0 aromatic heterocycles. The zero-order valence-electron chi connectivity index (χ0n) is 23.7. The standard InChI is InChI=1S/C10H18N2O3.C9H12O2.C3H9N.C3H6O.C2H6/c1-11-8(5-7-3-4-7)10(14)12-6-9(13)15-2;1-3-5-6-9(4-2)7-11-8-10;1-3-4-2;1-2-3-4;1-2/h7-8,11H,3-6H2,1-2H3,(H,12,14);3-6,8H,2,7H2,1H3;4H,3H2,1-2H3;3H,2H2,1H3;1-2H3/b;5-3-,9-6+;;;. The molecule has 0 spiro atoms. The lowest BCUT2D eigenvalue weighted by atomic mass is 10.1. The lowest BCUT2D eigenvalue weighted by Gasteiger charge is -2.14. The van der Waals surface area contributed by atoms with Gasteiger partial charge in [-0.05, 0) is 45.5 Å². The Bertz CT molecular complexity index is 600. The van der Waals surface area contributed by atoms with E-state index in [0.29, 0.717) is 18.8 Å². The number of esters is 1. The van der Waals surface area contributed by atoms with Gasteiger partial charge in [0, 0.05) is 6.42 Å². The van der Waals surface area contributed by atoms with Crippen molar-refractivity contribution in [3.8, 4) is 0 Å². The first-order valence-corrected chi connectivity index (χ1v) is 12.4. The highest BCUT2D eigenvalue weighted by molar-refractivity contribution is 5.85. The van der Waals surface area contributed by atoms with Gasteiger partial charge in [-0.25, -0.2) is 0 Å². The summed E-state index contributed by atoms with van der Waals surface area (Å²) < 4.78 is 8.96. The molecule has 210 valence electrons. The summed E-state index contributed by atoms with van der Waals surface area (Å²) in [5.41, 5.74) is 0.884. The van der Waals surface area contributed by atoms with Gasteiger partial charge in [-0.3, -0.25) is 14.4 Å². The molecule has 3 N–H and O–H groups in total. The van der Waals surface area contributed by atoms with Crippen LogP contribution >= 0.6 is 0 Å². The fourth-order valence-electron chi connectivity index (χ4n) is 1.92. The number of rotatable bonds is 13. The molecule has 1 fully saturated rings. The number of methoxy groups -OCH3 is 1. The van der Waals surface area contributed by atoms with E-state index in [1.54, 1.807) is 13.1 Å². The summed E-state index contributed by atoms with van der Waals surface area (Å²) in [4.78, 5) is 41.4. The van der Waals surface area contributed by atoms with Gasteiger partial charge in [0.2, 0.25) is 5.91 Å². The Morgan fingerprint density at radius 1 is 1.14 bits per heavy atom. The zero-order valence-corrected chi connectivity index (χ0v) is 23.7. The average Bonchev–Trinajstić information content (AvgIpc) is 3.76. The molecule has 0 saturated heterocycles. The van der Waals surface area contributed by atoms with Crippen LogP contribution in [0.1, 0.15) is 60.3 Å². The predicted molar refractivity (Wildman–Crippen MR) is 148 cm³/mol. The van der Waals surface area contributed by atoms with Crippen LogP contribution in [0.25, 0.3) is 0 Å². The lowest BCUT2D eigenvalue weighted by molar-refractivity contribution is -0.141. The van der Waals surface area contributed by atoms with E-state index in [9.17, 15) is 19.2 Å². The van der Waals surface area contributed by atoms with E-state index in [2.05, 4.69) is 38.9 Å². The van der Waals surface area contributed by atoms with Crippen LogP contribution in [0.2, 0.25) is 0 Å². The van der Waals surface area contributed by atoms with Gasteiger partial charge in [0.15, 0.2) is 0 Å². The van der Waals surface area contributed by atoms with Crippen LogP contribution in [0.5, 0.6) is 0 Å². The van der Waals surface area contributed by atoms with Crippen molar-refractivity contribution in [1.82, 2.24) is 16.0 Å². The van der Waals surface area contributed by atoms with E-state index in [1.165, 1.54) is 20.0 Å². The number of aldehydes is 1. The molecule has 9 nitrogen and oxygen atoms in total. The van der Waals surface area contributed by atoms with E-state index in [-0.39, 0.29) is 25.1 Å². The first-order chi connectivity index (χ1) is 17.3. The second kappa shape index (κ2) is 34.4. The van der Waals surface area contributed by atoms with Gasteiger partial charge in [-0.15, -0.1) is 0 Å². The minimum Gasteiger partial charge on any atom is -0.468 e. The van der Waals surface area contributed by atoms with Gasteiger partial charge in [0.05, 0.1) is 13.2 Å². The van der Waals surface area contributed by atoms with Gasteiger partial charge in [-0.2, -0.15) is 0 Å². The number of carbonyl (C=O) groups excluding carboxylic acids is 4. The maximum atomic E-state index is 11.6. The third-order valence-electron chi connectivity index (χ3n) is 4.17. The summed E-state index contributed by atoms with van der Waals surface area (Å²) >= 11 is 0. The van der Waals surface area contributed by atoms with Crippen molar-refractivity contribution in [3.05, 3.63) is 36.5 Å². The van der Waals surface area contributed by atoms with Crippen LogP contribution in [0.3, 0.4) is 0 Å². The molecule has 1 rings (SSSR count). The quantitative estimate of drug-likeness (QED) is 0.195. The van der Waals surface area contributed by atoms with E-state index in [0.717, 1.165) is 24.8 Å². The zero-order chi connectivity index (χ0) is 28.6. The second-order valence-corrected chi connectivity index (χ2v) is 6.98. The summed E-state index contributed by atoms with van der Waals surface area (Å²) in [6.07, 6.45) is 12.0. The molecule has 1 unspecified atom stereocenters. The first kappa shape index (κ1) is 40.4. The number of nitrogens with one attached hydrogen (secondary N) is 3. The highest BCUT2D eigenvalue weighted by Gasteiger charge is 2.28. The van der Waals surface area contributed by atoms with Crippen molar-refractivity contribution >= 4 is 24.6 Å². The largest absolute Gasteiger partial charge is 0.468 e. The highest BCUT2D eigenvalue weighted by atomic mass is 16.5. The maximum Gasteiger partial charge on any atom is 0.325 e. The number of amides is 1. The topological polar surface area (TPSA) is 123 Å². The van der Waals surface area contributed by atoms with Gasteiger partial charge in [0.1, 0.15) is 19.4 Å². The lowest BCUT2D eigenvalue weighted by Crippen LogP contribution is -2.44. The highest BCUT2D eigenvalue weighted by Crippen LogP contribution is 2.33. The third-order valence-corrected chi connectivity index (χ3v) is 4.17. The average molecular weight is 514 g/mol. The normalized spacial score (nSPS) is 12.3. The first-order valence-electron chi connectivity index (χ1n) is 12.4. The molecule has 0 heterocycles. The van der Waals surface area contributed by atoms with E-state index in [4.69, 9.17) is 0 Å². The molecule has 1 saturated carbocycles. The van der Waals surface area contributed by atoms with Crippen molar-refractivity contribution in [2.45, 2.75) is 66.3 Å². The van der Waals surface area contributed by atoms with E-state index >= 15 is 0 Å². The monoisotopic (exact) mass is 513 g/mol. The van der Waals surface area contributed by atoms with Crippen molar-refractivity contribution in [2.24, 2.45) is 5.92 Å². The van der Waals surface area contributed by atoms with Crippen LogP contribution in [0.4, 0.5) is 0 Å². The van der Waals surface area contributed by atoms with Crippen LogP contribution in [0.15, 0.2) is 36.5 Å². The Morgan fingerprint density at radius 3 is 2.03 bits per heavy atom. The molecule has 1 amide bonds. The van der Waals surface area contributed by atoms with Gasteiger partial charge < -0.3 is 30.2 Å². The Labute approximate surface area is 219 Å². The number of carbonyl (C=O) groups is 4. The van der Waals surface area contributed by atoms with Crippen molar-refractivity contribution in [2.75, 3.05) is 40.9 Å². The Morgan fingerprint density at radius 2 is 1.69 bits per heavy atom. The summed E-state index contributed by atoms with van der Waals surface area (Å²) in [7, 11) is 4.99. The third kappa shape index (κ3) is 33.4. The van der Waals surface area contributed by atoms with Crippen molar-refractivity contribution in [1.29, 1.82) is 0 Å². The summed E-state index contributed by atoms with van der Waals surface area (Å²) in [5.74, 6) is 0.116. The summed E-state index contributed by atoms with van der Waals surface area (Å²) in [6, 6.07) is -0.192. The number of hydrogen-bond acceptors (Lipinski definition) is 8. The van der Waals surface area contributed by atoms with Gasteiger partial charge in [0.25, 0.3) is 6.47 Å². The van der Waals surface area contributed by atoms with Gasteiger partial charge in [-0.1, -0.05) is 71.4 Å². The molecule has 0 radical (unpaired) electrons. The van der Waals surface area contributed by atoms with Crippen LogP contribution < -0.4 is 16.0 Å². The predicted octanol–water partition coefficient (Wildman–Crippen LogP) is 3.36. The molecule has 1 atom stereocenters. The smallest absolute Gasteiger partial charge is 0.325 e. The number of allylic oxidation sites excluding steroid dienone is 3. The van der Waals surface area contributed by atoms with Gasteiger partial charge >= 0.3 is 5.97 Å². The Balaban J connectivity index is -0.000000213. The molecule has 1 aliphatic carbocycles. The molecular weight excluding hydrogens is 462 g/mol. The number of ether oxygens (including phenoxy) is 2. The second-order valence-electron chi connectivity index (χ2n) is 6.98. The van der Waals surface area contributed by atoms with E-state index in [1.807, 2.05) is 53.0 Å². The fourth-order valence-corrected chi connectivity index (χ4v) is 1.92. The minimum absolute atomic E-state index is 0.0574. The van der Waals surface area contributed by atoms with E-state index < -0.39 is 5.97 Å². The SMILES string of the molecule is C=C/C(=C\C=C/C)COC=O.CC.CCC=O.CCNC.CNC(CC1CC1)C(=O)NCC(=O)OC. The molecule has 9 heteroatoms. The molecular formula is C27H51N3O6. The molecule has 0 aliphatic heterocycles. The fraction of sp³-hybridized carbons (Fsp3) is 0.630. The van der Waals surface area contributed by atoms with Crippen LogP contribution in [0, 0.1) is 5.92 Å². The molecule has 36 heavy (non-hydrogen) atoms. The molecule has 0 bridgehead atoms. The van der Waals surface area contributed by atoms with Crippen molar-refractivity contribution in [3.63, 3.8) is 0 Å². The number of hydrogen-bond donors (Lipinski definition) is 3. The van der Waals surface area contributed by atoms with Crippen LogP contribution in [-0.4, -0.2) is 71.6 Å². The van der Waals surface area contributed by atoms with Crippen molar-refractivity contribution < 1.29 is 28.7 Å². The molecule has 0 aromatic rings.